The molecule has 1 heterocycles. The highest BCUT2D eigenvalue weighted by molar-refractivity contribution is 7.89. The molecule has 0 aromatic heterocycles. The van der Waals surface area contributed by atoms with Gasteiger partial charge in [-0.2, -0.15) is 4.31 Å². The van der Waals surface area contributed by atoms with Crippen LogP contribution in [0, 0.1) is 6.92 Å². The van der Waals surface area contributed by atoms with Crippen LogP contribution in [0.4, 0.5) is 0 Å². The predicted octanol–water partition coefficient (Wildman–Crippen LogP) is 4.00. The van der Waals surface area contributed by atoms with Crippen LogP contribution in [0.1, 0.15) is 59.4 Å². The summed E-state index contributed by atoms with van der Waals surface area (Å²) in [6, 6.07) is 11.0. The lowest BCUT2D eigenvalue weighted by atomic mass is 10.1. The maximum atomic E-state index is 13.0. The van der Waals surface area contributed by atoms with Gasteiger partial charge in [-0.15, -0.1) is 0 Å². The number of nitrogens with zero attached hydrogens (tertiary/aromatic N) is 1. The van der Waals surface area contributed by atoms with E-state index < -0.39 is 22.1 Å². The van der Waals surface area contributed by atoms with Gasteiger partial charge in [0.05, 0.1) is 17.1 Å². The second kappa shape index (κ2) is 10.3. The Hall–Kier alpha value is -2.71. The summed E-state index contributed by atoms with van der Waals surface area (Å²) >= 11 is 0. The predicted molar refractivity (Wildman–Crippen MR) is 121 cm³/mol. The van der Waals surface area contributed by atoms with Crippen LogP contribution < -0.4 is 4.74 Å². The third-order valence-electron chi connectivity index (χ3n) is 5.48. The second-order valence-electron chi connectivity index (χ2n) is 7.81. The molecule has 0 unspecified atom stereocenters. The molecule has 1 aliphatic rings. The van der Waals surface area contributed by atoms with Crippen molar-refractivity contribution in [3.05, 3.63) is 59.2 Å². The number of rotatable bonds is 8. The summed E-state index contributed by atoms with van der Waals surface area (Å²) in [5.41, 5.74) is 1.11. The Bertz CT molecular complexity index is 1070. The molecular formula is C24H29NO6S. The molecule has 1 saturated heterocycles. The third kappa shape index (κ3) is 5.37. The molecule has 0 N–H and O–H groups in total. The first-order chi connectivity index (χ1) is 15.2. The number of carbonyl (C=O) groups is 2. The number of piperidine rings is 1. The molecule has 1 aliphatic heterocycles. The van der Waals surface area contributed by atoms with Gasteiger partial charge in [0, 0.05) is 18.7 Å². The minimum Gasteiger partial charge on any atom is -0.494 e. The van der Waals surface area contributed by atoms with Gasteiger partial charge < -0.3 is 9.47 Å². The number of hydrogen-bond acceptors (Lipinski definition) is 6. The van der Waals surface area contributed by atoms with Crippen LogP contribution in [-0.2, 0) is 14.8 Å². The van der Waals surface area contributed by atoms with Crippen LogP contribution in [0.5, 0.6) is 5.75 Å². The molecule has 1 fully saturated rings. The Morgan fingerprint density at radius 1 is 1.03 bits per heavy atom. The van der Waals surface area contributed by atoms with Crippen molar-refractivity contribution in [3.8, 4) is 5.75 Å². The van der Waals surface area contributed by atoms with Crippen molar-refractivity contribution in [1.29, 1.82) is 0 Å². The van der Waals surface area contributed by atoms with Crippen molar-refractivity contribution < 1.29 is 27.5 Å². The lowest BCUT2D eigenvalue weighted by Crippen LogP contribution is -2.35. The van der Waals surface area contributed by atoms with E-state index in [1.807, 2.05) is 6.92 Å². The largest absolute Gasteiger partial charge is 0.494 e. The van der Waals surface area contributed by atoms with Gasteiger partial charge in [0.15, 0.2) is 6.10 Å². The zero-order valence-corrected chi connectivity index (χ0v) is 19.5. The van der Waals surface area contributed by atoms with E-state index in [2.05, 4.69) is 0 Å². The quantitative estimate of drug-likeness (QED) is 0.438. The maximum absolute atomic E-state index is 13.0. The van der Waals surface area contributed by atoms with E-state index in [-0.39, 0.29) is 16.2 Å². The summed E-state index contributed by atoms with van der Waals surface area (Å²) in [4.78, 5) is 25.5. The molecule has 2 aromatic carbocycles. The topological polar surface area (TPSA) is 90.0 Å². The summed E-state index contributed by atoms with van der Waals surface area (Å²) in [7, 11) is -3.68. The van der Waals surface area contributed by atoms with Crippen molar-refractivity contribution in [2.24, 2.45) is 0 Å². The summed E-state index contributed by atoms with van der Waals surface area (Å²) in [6.45, 7) is 6.54. The van der Waals surface area contributed by atoms with E-state index in [1.54, 1.807) is 37.3 Å². The van der Waals surface area contributed by atoms with Gasteiger partial charge in [-0.25, -0.2) is 13.2 Å². The van der Waals surface area contributed by atoms with Gasteiger partial charge in [-0.1, -0.05) is 12.5 Å². The lowest BCUT2D eigenvalue weighted by molar-refractivity contribution is 0.0318. The second-order valence-corrected chi connectivity index (χ2v) is 9.75. The molecule has 0 bridgehead atoms. The van der Waals surface area contributed by atoms with Crippen molar-refractivity contribution >= 4 is 21.8 Å². The maximum Gasteiger partial charge on any atom is 0.339 e. The van der Waals surface area contributed by atoms with E-state index in [9.17, 15) is 18.0 Å². The zero-order chi connectivity index (χ0) is 23.3. The molecule has 7 nitrogen and oxygen atoms in total. The monoisotopic (exact) mass is 459 g/mol. The van der Waals surface area contributed by atoms with E-state index >= 15 is 0 Å². The number of benzene rings is 2. The Morgan fingerprint density at radius 3 is 2.31 bits per heavy atom. The lowest BCUT2D eigenvalue weighted by Gasteiger charge is -2.26. The SMILES string of the molecule is CCOc1ccc(C(=O)[C@@H](C)OC(=O)c2cc(S(=O)(=O)N3CCCCC3)ccc2C)cc1. The molecule has 2 aromatic rings. The number of ether oxygens (including phenoxy) is 2. The molecule has 32 heavy (non-hydrogen) atoms. The molecule has 8 heteroatoms. The van der Waals surface area contributed by atoms with Crippen LogP contribution in [0.2, 0.25) is 0 Å². The number of sulfonamides is 1. The zero-order valence-electron chi connectivity index (χ0n) is 18.7. The summed E-state index contributed by atoms with van der Waals surface area (Å²) in [5.74, 6) is -0.433. The highest BCUT2D eigenvalue weighted by Crippen LogP contribution is 2.24. The van der Waals surface area contributed by atoms with E-state index in [0.29, 0.717) is 36.6 Å². The number of aryl methyl sites for hydroxylation is 1. The fraction of sp³-hybridized carbons (Fsp3) is 0.417. The molecule has 172 valence electrons. The fourth-order valence-electron chi connectivity index (χ4n) is 3.63. The van der Waals surface area contributed by atoms with Crippen molar-refractivity contribution in [3.63, 3.8) is 0 Å². The van der Waals surface area contributed by atoms with Gasteiger partial charge in [-0.05, 0) is 75.6 Å². The Kier molecular flexibility index (Phi) is 7.69. The first-order valence-electron chi connectivity index (χ1n) is 10.8. The number of Topliss-reactive ketones (excluding diaryl/α,β-unsaturated/α-hetero) is 1. The highest BCUT2D eigenvalue weighted by atomic mass is 32.2. The molecule has 3 rings (SSSR count). The number of hydrogen-bond donors (Lipinski definition) is 0. The Labute approximate surface area is 189 Å². The minimum absolute atomic E-state index is 0.0578. The average molecular weight is 460 g/mol. The summed E-state index contributed by atoms with van der Waals surface area (Å²) < 4.78 is 38.2. The van der Waals surface area contributed by atoms with Gasteiger partial charge in [-0.3, -0.25) is 4.79 Å². The fourth-order valence-corrected chi connectivity index (χ4v) is 5.17. The first kappa shape index (κ1) is 23.9. The van der Waals surface area contributed by atoms with Gasteiger partial charge >= 0.3 is 5.97 Å². The minimum atomic E-state index is -3.68. The Morgan fingerprint density at radius 2 is 1.69 bits per heavy atom. The van der Waals surface area contributed by atoms with Crippen molar-refractivity contribution in [1.82, 2.24) is 4.31 Å². The normalized spacial score (nSPS) is 15.7. The van der Waals surface area contributed by atoms with Crippen LogP contribution in [-0.4, -0.2) is 50.3 Å². The van der Waals surface area contributed by atoms with Gasteiger partial charge in [0.2, 0.25) is 15.8 Å². The molecule has 1 atom stereocenters. The van der Waals surface area contributed by atoms with Crippen LogP contribution in [0.3, 0.4) is 0 Å². The molecule has 0 amide bonds. The van der Waals surface area contributed by atoms with Crippen LogP contribution >= 0.6 is 0 Å². The average Bonchev–Trinajstić information content (AvgIpc) is 2.80. The number of carbonyl (C=O) groups excluding carboxylic acids is 2. The van der Waals surface area contributed by atoms with Crippen LogP contribution in [0.15, 0.2) is 47.4 Å². The molecule has 0 spiro atoms. The van der Waals surface area contributed by atoms with E-state index in [1.165, 1.54) is 23.4 Å². The summed E-state index contributed by atoms with van der Waals surface area (Å²) in [5, 5.41) is 0. The third-order valence-corrected chi connectivity index (χ3v) is 7.38. The first-order valence-corrected chi connectivity index (χ1v) is 12.3. The van der Waals surface area contributed by atoms with Crippen molar-refractivity contribution in [2.75, 3.05) is 19.7 Å². The molecule has 0 radical (unpaired) electrons. The smallest absolute Gasteiger partial charge is 0.339 e. The van der Waals surface area contributed by atoms with E-state index in [0.717, 1.165) is 19.3 Å². The number of esters is 1. The highest BCUT2D eigenvalue weighted by Gasteiger charge is 2.28. The van der Waals surface area contributed by atoms with Gasteiger partial charge in [0.1, 0.15) is 5.75 Å². The molecule has 0 saturated carbocycles. The van der Waals surface area contributed by atoms with E-state index in [4.69, 9.17) is 9.47 Å². The molecule has 0 aliphatic carbocycles. The van der Waals surface area contributed by atoms with Gasteiger partial charge in [0.25, 0.3) is 0 Å². The standard InChI is InChI=1S/C24H29NO6S/c1-4-30-20-11-9-19(10-12-20)23(26)18(3)31-24(27)22-16-21(13-8-17(22)2)32(28,29)25-14-6-5-7-15-25/h8-13,16,18H,4-7,14-15H2,1-3H3/t18-/m1/s1. The van der Waals surface area contributed by atoms with Crippen LogP contribution in [0.25, 0.3) is 0 Å². The molecular weight excluding hydrogens is 430 g/mol. The summed E-state index contributed by atoms with van der Waals surface area (Å²) in [6.07, 6.45) is 1.64. The van der Waals surface area contributed by atoms with Crippen molar-refractivity contribution in [2.45, 2.75) is 51.0 Å². The number of ketones is 1. The Balaban J connectivity index is 1.75.